The van der Waals surface area contributed by atoms with E-state index in [9.17, 15) is 4.79 Å². The minimum Gasteiger partial charge on any atom is -0.468 e. The highest BCUT2D eigenvalue weighted by Crippen LogP contribution is 2.25. The van der Waals surface area contributed by atoms with Gasteiger partial charge in [-0.3, -0.25) is 9.69 Å². The number of hydrogen-bond donors (Lipinski definition) is 1. The quantitative estimate of drug-likeness (QED) is 0.670. The lowest BCUT2D eigenvalue weighted by molar-refractivity contribution is -0.118. The number of primary amides is 1. The molecule has 0 saturated carbocycles. The van der Waals surface area contributed by atoms with Gasteiger partial charge in [-0.25, -0.2) is 0 Å². The summed E-state index contributed by atoms with van der Waals surface area (Å²) in [6.07, 6.45) is 3.77. The Morgan fingerprint density at radius 3 is 2.58 bits per heavy atom. The molecule has 138 valence electrons. The number of fused-ring (bicyclic) bond motifs is 1. The highest BCUT2D eigenvalue weighted by atomic mass is 16.3. The molecule has 0 saturated heterocycles. The van der Waals surface area contributed by atoms with Crippen LogP contribution in [0.25, 0.3) is 10.9 Å². The molecule has 0 bridgehead atoms. The Morgan fingerprint density at radius 1 is 1.15 bits per heavy atom. The van der Waals surface area contributed by atoms with Gasteiger partial charge in [0.05, 0.1) is 12.8 Å². The molecule has 0 unspecified atom stereocenters. The number of carbonyl (C=O) groups excluding carboxylic acids is 1. The highest BCUT2D eigenvalue weighted by molar-refractivity contribution is 5.85. The highest BCUT2D eigenvalue weighted by Gasteiger charge is 2.21. The van der Waals surface area contributed by atoms with E-state index in [0.717, 1.165) is 29.8 Å². The van der Waals surface area contributed by atoms with Gasteiger partial charge in [0.15, 0.2) is 0 Å². The second kappa shape index (κ2) is 7.79. The van der Waals surface area contributed by atoms with Crippen molar-refractivity contribution in [1.82, 2.24) is 9.47 Å². The molecule has 3 aromatic rings. The molecule has 1 aromatic carbocycles. The third-order valence-electron chi connectivity index (χ3n) is 5.05. The molecule has 2 heterocycles. The van der Waals surface area contributed by atoms with Crippen molar-refractivity contribution in [3.8, 4) is 0 Å². The van der Waals surface area contributed by atoms with Crippen LogP contribution in [0.2, 0.25) is 0 Å². The fraction of sp³-hybridized carbons (Fsp3) is 0.381. The van der Waals surface area contributed by atoms with Crippen molar-refractivity contribution >= 4 is 16.8 Å². The Labute approximate surface area is 154 Å². The molecule has 1 atom stereocenters. The summed E-state index contributed by atoms with van der Waals surface area (Å²) in [6, 6.07) is 12.5. The van der Waals surface area contributed by atoms with Gasteiger partial charge in [-0.1, -0.05) is 32.0 Å². The number of para-hydroxylation sites is 1. The minimum atomic E-state index is -0.333. The zero-order valence-corrected chi connectivity index (χ0v) is 15.7. The van der Waals surface area contributed by atoms with Gasteiger partial charge in [0.1, 0.15) is 12.3 Å². The van der Waals surface area contributed by atoms with E-state index >= 15 is 0 Å². The largest absolute Gasteiger partial charge is 0.468 e. The van der Waals surface area contributed by atoms with Crippen molar-refractivity contribution in [2.24, 2.45) is 11.7 Å². The monoisotopic (exact) mass is 353 g/mol. The molecule has 0 aliphatic carbocycles. The van der Waals surface area contributed by atoms with E-state index in [2.05, 4.69) is 37.9 Å². The molecule has 5 heteroatoms. The summed E-state index contributed by atoms with van der Waals surface area (Å²) in [7, 11) is 0. The van der Waals surface area contributed by atoms with Crippen molar-refractivity contribution < 1.29 is 9.21 Å². The number of aromatic nitrogens is 1. The smallest absolute Gasteiger partial charge is 0.237 e. The molecule has 3 rings (SSSR count). The van der Waals surface area contributed by atoms with Crippen LogP contribution >= 0.6 is 0 Å². The summed E-state index contributed by atoms with van der Waals surface area (Å²) in [6.45, 7) is 8.44. The summed E-state index contributed by atoms with van der Waals surface area (Å²) in [5.74, 6) is 1.14. The van der Waals surface area contributed by atoms with Crippen molar-refractivity contribution in [3.05, 3.63) is 60.2 Å². The van der Waals surface area contributed by atoms with Crippen LogP contribution in [-0.2, 0) is 24.4 Å². The number of amides is 1. The Morgan fingerprint density at radius 2 is 1.92 bits per heavy atom. The van der Waals surface area contributed by atoms with Crippen LogP contribution in [-0.4, -0.2) is 21.4 Å². The molecule has 0 aliphatic rings. The zero-order valence-electron chi connectivity index (χ0n) is 15.7. The first-order chi connectivity index (χ1) is 12.5. The van der Waals surface area contributed by atoms with Crippen LogP contribution < -0.4 is 5.73 Å². The summed E-state index contributed by atoms with van der Waals surface area (Å²) < 4.78 is 7.51. The predicted molar refractivity (Wildman–Crippen MR) is 103 cm³/mol. The molecule has 2 aromatic heterocycles. The number of rotatable bonds is 8. The normalized spacial score (nSPS) is 13.0. The Kier molecular flexibility index (Phi) is 5.47. The zero-order chi connectivity index (χ0) is 18.7. The van der Waals surface area contributed by atoms with E-state index in [1.807, 2.05) is 34.9 Å². The van der Waals surface area contributed by atoms with Gasteiger partial charge in [0, 0.05) is 29.7 Å². The summed E-state index contributed by atoms with van der Waals surface area (Å²) in [5, 5.41) is 1.16. The first-order valence-electron chi connectivity index (χ1n) is 9.07. The van der Waals surface area contributed by atoms with Crippen LogP contribution in [0.3, 0.4) is 0 Å². The second-order valence-corrected chi connectivity index (χ2v) is 7.23. The van der Waals surface area contributed by atoms with E-state index in [-0.39, 0.29) is 12.5 Å². The topological polar surface area (TPSA) is 64.4 Å². The number of nitrogens with zero attached hydrogens (tertiary/aromatic N) is 2. The average Bonchev–Trinajstić information content (AvgIpc) is 3.22. The molecule has 1 amide bonds. The molecule has 0 aliphatic heterocycles. The molecule has 0 radical (unpaired) electrons. The van der Waals surface area contributed by atoms with E-state index in [0.29, 0.717) is 12.0 Å². The Hall–Kier alpha value is -2.53. The van der Waals surface area contributed by atoms with Crippen LogP contribution in [0.15, 0.2) is 53.3 Å². The van der Waals surface area contributed by atoms with Crippen molar-refractivity contribution in [1.29, 1.82) is 0 Å². The third kappa shape index (κ3) is 3.99. The molecule has 26 heavy (non-hydrogen) atoms. The predicted octanol–water partition coefficient (Wildman–Crippen LogP) is 3.77. The maximum absolute atomic E-state index is 11.4. The first kappa shape index (κ1) is 18.3. The number of furan rings is 1. The van der Waals surface area contributed by atoms with Gasteiger partial charge in [-0.05, 0) is 36.6 Å². The standard InChI is InChI=1S/C21H27N3O2/c1-15(2)16(3)23(13-18-7-6-10-26-18)11-17-12-24(14-21(22)25)20-9-5-4-8-19(17)20/h4-10,12,15-16H,11,13-14H2,1-3H3,(H2,22,25)/t16-/m0/s1. The van der Waals surface area contributed by atoms with E-state index in [1.54, 1.807) is 6.26 Å². The molecule has 0 fully saturated rings. The lowest BCUT2D eigenvalue weighted by Crippen LogP contribution is -2.35. The Balaban J connectivity index is 1.94. The van der Waals surface area contributed by atoms with Gasteiger partial charge >= 0.3 is 0 Å². The maximum atomic E-state index is 11.4. The maximum Gasteiger partial charge on any atom is 0.237 e. The van der Waals surface area contributed by atoms with E-state index in [1.165, 1.54) is 5.56 Å². The molecule has 5 nitrogen and oxygen atoms in total. The van der Waals surface area contributed by atoms with Gasteiger partial charge in [0.2, 0.25) is 5.91 Å². The van der Waals surface area contributed by atoms with Gasteiger partial charge in [0.25, 0.3) is 0 Å². The van der Waals surface area contributed by atoms with Gasteiger partial charge < -0.3 is 14.7 Å². The van der Waals surface area contributed by atoms with Crippen molar-refractivity contribution in [2.45, 2.75) is 46.4 Å². The fourth-order valence-electron chi connectivity index (χ4n) is 3.33. The van der Waals surface area contributed by atoms with Crippen molar-refractivity contribution in [2.75, 3.05) is 0 Å². The summed E-state index contributed by atoms with van der Waals surface area (Å²) >= 11 is 0. The average molecular weight is 353 g/mol. The van der Waals surface area contributed by atoms with Crippen LogP contribution in [0.5, 0.6) is 0 Å². The summed E-state index contributed by atoms with van der Waals surface area (Å²) in [5.41, 5.74) is 7.66. The lowest BCUT2D eigenvalue weighted by atomic mass is 10.0. The molecule has 2 N–H and O–H groups in total. The van der Waals surface area contributed by atoms with Gasteiger partial charge in [-0.2, -0.15) is 0 Å². The number of benzene rings is 1. The van der Waals surface area contributed by atoms with Crippen LogP contribution in [0, 0.1) is 5.92 Å². The number of nitrogens with two attached hydrogens (primary N) is 1. The SMILES string of the molecule is CC(C)[C@H](C)N(Cc1ccco1)Cc1cn(CC(N)=O)c2ccccc12. The first-order valence-corrected chi connectivity index (χ1v) is 9.07. The third-order valence-corrected chi connectivity index (χ3v) is 5.05. The van der Waals surface area contributed by atoms with E-state index in [4.69, 9.17) is 10.2 Å². The molecular formula is C21H27N3O2. The lowest BCUT2D eigenvalue weighted by Gasteiger charge is -2.31. The van der Waals surface area contributed by atoms with Crippen LogP contribution in [0.4, 0.5) is 0 Å². The minimum absolute atomic E-state index is 0.193. The molecular weight excluding hydrogens is 326 g/mol. The summed E-state index contributed by atoms with van der Waals surface area (Å²) in [4.78, 5) is 13.8. The number of carbonyl (C=O) groups is 1. The number of hydrogen-bond acceptors (Lipinski definition) is 3. The Bertz CT molecular complexity index is 865. The van der Waals surface area contributed by atoms with Crippen LogP contribution in [0.1, 0.15) is 32.1 Å². The van der Waals surface area contributed by atoms with E-state index < -0.39 is 0 Å². The molecule has 0 spiro atoms. The van der Waals surface area contributed by atoms with Crippen molar-refractivity contribution in [3.63, 3.8) is 0 Å². The second-order valence-electron chi connectivity index (χ2n) is 7.23. The van der Waals surface area contributed by atoms with Gasteiger partial charge in [-0.15, -0.1) is 0 Å². The fourth-order valence-corrected chi connectivity index (χ4v) is 3.33.